The topological polar surface area (TPSA) is 80.8 Å². The number of hydrogen-bond donors (Lipinski definition) is 0. The van der Waals surface area contributed by atoms with Crippen molar-refractivity contribution in [1.82, 2.24) is 0 Å². The Morgan fingerprint density at radius 3 is 2.00 bits per heavy atom. The van der Waals surface area contributed by atoms with E-state index in [1.54, 1.807) is 24.3 Å². The highest BCUT2D eigenvalue weighted by atomic mass is 16.5. The second-order valence-corrected chi connectivity index (χ2v) is 8.74. The summed E-state index contributed by atoms with van der Waals surface area (Å²) in [5, 5.41) is 0. The Labute approximate surface area is 189 Å². The van der Waals surface area contributed by atoms with Crippen molar-refractivity contribution in [1.29, 1.82) is 0 Å². The van der Waals surface area contributed by atoms with Crippen LogP contribution in [0.5, 0.6) is 5.75 Å². The van der Waals surface area contributed by atoms with Crippen LogP contribution < -0.4 is 9.64 Å². The molecule has 6 heteroatoms. The minimum absolute atomic E-state index is 0.300. The molecule has 2 bridgehead atoms. The molecule has 2 unspecified atom stereocenters. The number of esters is 1. The van der Waals surface area contributed by atoms with Gasteiger partial charge >= 0.3 is 5.97 Å². The van der Waals surface area contributed by atoms with Gasteiger partial charge in [-0.05, 0) is 46.5 Å². The fraction of sp³-hybridized carbons (Fsp3) is 0.185. The number of benzene rings is 3. The van der Waals surface area contributed by atoms with Crippen LogP contribution in [0.15, 0.2) is 72.8 Å². The number of anilines is 1. The Bertz CT molecular complexity index is 1310. The predicted molar refractivity (Wildman–Crippen MR) is 119 cm³/mol. The molecule has 3 aromatic rings. The number of carbonyl (C=O) groups is 4. The fourth-order valence-electron chi connectivity index (χ4n) is 6.11. The van der Waals surface area contributed by atoms with Gasteiger partial charge < -0.3 is 9.53 Å². The summed E-state index contributed by atoms with van der Waals surface area (Å²) in [4.78, 5) is 53.0. The third-order valence-corrected chi connectivity index (χ3v) is 7.23. The van der Waals surface area contributed by atoms with E-state index >= 15 is 0 Å². The first-order chi connectivity index (χ1) is 16.0. The number of imide groups is 1. The number of nitrogens with zero attached hydrogens (tertiary/aromatic N) is 1. The van der Waals surface area contributed by atoms with Crippen LogP contribution in [-0.4, -0.2) is 24.1 Å². The Kier molecular flexibility index (Phi) is 3.99. The molecule has 3 aliphatic carbocycles. The van der Waals surface area contributed by atoms with E-state index in [0.29, 0.717) is 11.4 Å². The zero-order valence-electron chi connectivity index (χ0n) is 17.7. The maximum absolute atomic E-state index is 13.8. The number of carbonyl (C=O) groups excluding carboxylic acids is 4. The van der Waals surface area contributed by atoms with Crippen LogP contribution in [0.2, 0.25) is 0 Å². The third kappa shape index (κ3) is 2.38. The molecule has 4 aliphatic rings. The van der Waals surface area contributed by atoms with E-state index in [-0.39, 0.29) is 17.7 Å². The lowest BCUT2D eigenvalue weighted by Crippen LogP contribution is -2.54. The summed E-state index contributed by atoms with van der Waals surface area (Å²) in [6.45, 7) is 1.30. The molecule has 2 amide bonds. The number of hydrogen-bond acceptors (Lipinski definition) is 5. The van der Waals surface area contributed by atoms with Gasteiger partial charge in [0.15, 0.2) is 0 Å². The molecule has 0 saturated carbocycles. The first-order valence-corrected chi connectivity index (χ1v) is 10.8. The average molecular weight is 437 g/mol. The molecular formula is C27H19NO5. The molecule has 33 heavy (non-hydrogen) atoms. The Balaban J connectivity index is 1.53. The SMILES string of the molecule is CC(=O)Oc1ccc(N2C(=O)C3C4c5ccccc5C(C=O)(c5ccccc54)C3C2=O)cc1. The molecule has 162 valence electrons. The van der Waals surface area contributed by atoms with Gasteiger partial charge in [-0.1, -0.05) is 48.5 Å². The molecule has 7 rings (SSSR count). The molecule has 3 aromatic carbocycles. The van der Waals surface area contributed by atoms with Crippen molar-refractivity contribution in [3.05, 3.63) is 95.1 Å². The van der Waals surface area contributed by atoms with Crippen molar-refractivity contribution in [2.24, 2.45) is 11.8 Å². The van der Waals surface area contributed by atoms with Crippen molar-refractivity contribution >= 4 is 29.8 Å². The number of rotatable bonds is 3. The largest absolute Gasteiger partial charge is 0.427 e. The van der Waals surface area contributed by atoms with E-state index in [2.05, 4.69) is 0 Å². The lowest BCUT2D eigenvalue weighted by Gasteiger charge is -2.51. The molecule has 1 aliphatic heterocycles. The maximum Gasteiger partial charge on any atom is 0.308 e. The smallest absolute Gasteiger partial charge is 0.308 e. The molecule has 0 N–H and O–H groups in total. The molecule has 1 heterocycles. The van der Waals surface area contributed by atoms with E-state index in [1.807, 2.05) is 48.5 Å². The average Bonchev–Trinajstić information content (AvgIpc) is 3.10. The molecule has 2 atom stereocenters. The van der Waals surface area contributed by atoms with Crippen molar-refractivity contribution in [2.45, 2.75) is 18.3 Å². The van der Waals surface area contributed by atoms with Gasteiger partial charge in [-0.2, -0.15) is 0 Å². The Morgan fingerprint density at radius 2 is 1.45 bits per heavy atom. The van der Waals surface area contributed by atoms with Crippen LogP contribution in [0.3, 0.4) is 0 Å². The van der Waals surface area contributed by atoms with Gasteiger partial charge in [0.1, 0.15) is 12.0 Å². The van der Waals surface area contributed by atoms with Crippen molar-refractivity contribution in [2.75, 3.05) is 4.90 Å². The number of aldehydes is 1. The second kappa shape index (κ2) is 6.72. The normalized spacial score (nSPS) is 26.5. The van der Waals surface area contributed by atoms with Gasteiger partial charge in [-0.25, -0.2) is 4.90 Å². The van der Waals surface area contributed by atoms with Crippen LogP contribution in [0, 0.1) is 11.8 Å². The summed E-state index contributed by atoms with van der Waals surface area (Å²) < 4.78 is 5.07. The van der Waals surface area contributed by atoms with Gasteiger partial charge in [-0.15, -0.1) is 0 Å². The summed E-state index contributed by atoms with van der Waals surface area (Å²) in [6.07, 6.45) is 0.857. The molecule has 0 spiro atoms. The van der Waals surface area contributed by atoms with Crippen LogP contribution in [0.25, 0.3) is 0 Å². The number of ether oxygens (including phenoxy) is 1. The molecule has 0 aromatic heterocycles. The minimum Gasteiger partial charge on any atom is -0.427 e. The predicted octanol–water partition coefficient (Wildman–Crippen LogP) is 3.36. The van der Waals surface area contributed by atoms with E-state index in [1.165, 1.54) is 11.8 Å². The van der Waals surface area contributed by atoms with Crippen LogP contribution in [0.1, 0.15) is 35.1 Å². The van der Waals surface area contributed by atoms with Crippen LogP contribution in [0.4, 0.5) is 5.69 Å². The molecule has 0 radical (unpaired) electrons. The quantitative estimate of drug-likeness (QED) is 0.272. The summed E-state index contributed by atoms with van der Waals surface area (Å²) in [5.74, 6) is -2.61. The third-order valence-electron chi connectivity index (χ3n) is 7.23. The molecule has 6 nitrogen and oxygen atoms in total. The van der Waals surface area contributed by atoms with E-state index < -0.39 is 23.2 Å². The zero-order chi connectivity index (χ0) is 22.9. The molecule has 1 fully saturated rings. The fourth-order valence-corrected chi connectivity index (χ4v) is 6.11. The van der Waals surface area contributed by atoms with Gasteiger partial charge in [0.2, 0.25) is 11.8 Å². The van der Waals surface area contributed by atoms with E-state index in [9.17, 15) is 19.2 Å². The summed E-state index contributed by atoms with van der Waals surface area (Å²) in [5.41, 5.74) is 2.64. The Hall–Kier alpha value is -4.06. The van der Waals surface area contributed by atoms with Crippen LogP contribution >= 0.6 is 0 Å². The molecular weight excluding hydrogens is 418 g/mol. The lowest BCUT2D eigenvalue weighted by molar-refractivity contribution is -0.132. The summed E-state index contributed by atoms with van der Waals surface area (Å²) in [7, 11) is 0. The zero-order valence-corrected chi connectivity index (χ0v) is 17.7. The van der Waals surface area contributed by atoms with Gasteiger partial charge in [0.05, 0.1) is 22.9 Å². The lowest BCUT2D eigenvalue weighted by atomic mass is 9.48. The highest BCUT2D eigenvalue weighted by molar-refractivity contribution is 6.24. The van der Waals surface area contributed by atoms with Crippen molar-refractivity contribution in [3.63, 3.8) is 0 Å². The van der Waals surface area contributed by atoms with E-state index in [4.69, 9.17) is 4.74 Å². The second-order valence-electron chi connectivity index (χ2n) is 8.74. The van der Waals surface area contributed by atoms with Crippen molar-refractivity contribution in [3.8, 4) is 5.75 Å². The Morgan fingerprint density at radius 1 is 0.879 bits per heavy atom. The van der Waals surface area contributed by atoms with Gasteiger partial charge in [-0.3, -0.25) is 14.4 Å². The standard InChI is InChI=1S/C27H19NO5/c1-15(30)33-17-12-10-16(11-13-17)28-25(31)23-22-18-6-2-4-8-20(18)27(14-29,24(23)26(28)32)21-9-5-3-7-19(21)22/h2-14,22-24H,1H3. The van der Waals surface area contributed by atoms with Crippen molar-refractivity contribution < 1.29 is 23.9 Å². The monoisotopic (exact) mass is 437 g/mol. The minimum atomic E-state index is -1.22. The van der Waals surface area contributed by atoms with Gasteiger partial charge in [0, 0.05) is 12.8 Å². The summed E-state index contributed by atoms with van der Waals surface area (Å²) >= 11 is 0. The first-order valence-electron chi connectivity index (χ1n) is 10.8. The number of amides is 2. The highest BCUT2D eigenvalue weighted by Gasteiger charge is 2.68. The summed E-state index contributed by atoms with van der Waals surface area (Å²) in [6, 6.07) is 21.5. The molecule has 1 saturated heterocycles. The van der Waals surface area contributed by atoms with E-state index in [0.717, 1.165) is 28.5 Å². The first kappa shape index (κ1) is 19.6. The maximum atomic E-state index is 13.8. The van der Waals surface area contributed by atoms with Gasteiger partial charge in [0.25, 0.3) is 0 Å². The van der Waals surface area contributed by atoms with Crippen LogP contribution in [-0.2, 0) is 24.6 Å². The highest BCUT2D eigenvalue weighted by Crippen LogP contribution is 2.63.